The second kappa shape index (κ2) is 9.90. The number of thioether (sulfide) groups is 1. The maximum absolute atomic E-state index is 14.6. The summed E-state index contributed by atoms with van der Waals surface area (Å²) < 4.78 is 66.7. The molecule has 0 aromatic carbocycles. The van der Waals surface area contributed by atoms with Gasteiger partial charge in [-0.1, -0.05) is 5.16 Å². The molecule has 5 heterocycles. The third-order valence-corrected chi connectivity index (χ3v) is 7.03. The molecule has 0 radical (unpaired) electrons. The first-order chi connectivity index (χ1) is 17.2. The second-order valence-corrected chi connectivity index (χ2v) is 9.92. The number of rotatable bonds is 7. The van der Waals surface area contributed by atoms with Gasteiger partial charge in [0.1, 0.15) is 6.17 Å². The Bertz CT molecular complexity index is 1240. The van der Waals surface area contributed by atoms with Crippen LogP contribution in [0.5, 0.6) is 0 Å². The number of aromatic nitrogens is 3. The summed E-state index contributed by atoms with van der Waals surface area (Å²) in [4.78, 5) is 18.1. The van der Waals surface area contributed by atoms with Gasteiger partial charge in [0.05, 0.1) is 53.5 Å². The minimum absolute atomic E-state index is 0.0460. The van der Waals surface area contributed by atoms with Gasteiger partial charge in [0.2, 0.25) is 17.6 Å². The zero-order chi connectivity index (χ0) is 25.4. The van der Waals surface area contributed by atoms with Crippen LogP contribution < -0.4 is 10.6 Å². The first kappa shape index (κ1) is 24.8. The largest absolute Gasteiger partial charge is 0.447 e. The van der Waals surface area contributed by atoms with E-state index in [1.54, 1.807) is 12.1 Å². The summed E-state index contributed by atoms with van der Waals surface area (Å²) in [5.41, 5.74) is -3.53. The SMILES string of the molecule is CN1CC[C@@H](Nc2cccn3c(SC(F)(F)F)c(-c4noc(CNC(=O)C5COC5)n4)cc23)[C@@H](F)C1. The zero-order valence-electron chi connectivity index (χ0n) is 19.2. The van der Waals surface area contributed by atoms with E-state index in [1.807, 2.05) is 11.9 Å². The van der Waals surface area contributed by atoms with Crippen molar-refractivity contribution in [3.05, 3.63) is 30.3 Å². The van der Waals surface area contributed by atoms with Gasteiger partial charge in [-0.15, -0.1) is 0 Å². The lowest BCUT2D eigenvalue weighted by molar-refractivity contribution is -0.139. The lowest BCUT2D eigenvalue weighted by Crippen LogP contribution is -2.46. The second-order valence-electron chi connectivity index (χ2n) is 8.87. The third kappa shape index (κ3) is 5.30. The van der Waals surface area contributed by atoms with E-state index in [4.69, 9.17) is 9.26 Å². The Morgan fingerprint density at radius 2 is 2.14 bits per heavy atom. The summed E-state index contributed by atoms with van der Waals surface area (Å²) in [5.74, 6) is -0.449. The average Bonchev–Trinajstić information content (AvgIpc) is 3.37. The van der Waals surface area contributed by atoms with Crippen LogP contribution in [0.2, 0.25) is 0 Å². The Morgan fingerprint density at radius 1 is 1.33 bits per heavy atom. The molecule has 14 heteroatoms. The number of hydrogen-bond acceptors (Lipinski definition) is 8. The van der Waals surface area contributed by atoms with Gasteiger partial charge in [-0.25, -0.2) is 4.39 Å². The number of piperidine rings is 1. The average molecular weight is 529 g/mol. The predicted octanol–water partition coefficient (Wildman–Crippen LogP) is 3.32. The summed E-state index contributed by atoms with van der Waals surface area (Å²) in [5, 5.41) is 9.53. The molecule has 2 N–H and O–H groups in total. The first-order valence-corrected chi connectivity index (χ1v) is 12.2. The topological polar surface area (TPSA) is 96.9 Å². The molecular weight excluding hydrogens is 504 g/mol. The lowest BCUT2D eigenvalue weighted by Gasteiger charge is -2.33. The van der Waals surface area contributed by atoms with Crippen molar-refractivity contribution in [1.29, 1.82) is 0 Å². The highest BCUT2D eigenvalue weighted by Crippen LogP contribution is 2.43. The van der Waals surface area contributed by atoms with E-state index in [1.165, 1.54) is 16.7 Å². The molecule has 9 nitrogen and oxygen atoms in total. The van der Waals surface area contributed by atoms with Crippen LogP contribution in [-0.2, 0) is 16.1 Å². The smallest absolute Gasteiger partial charge is 0.380 e. The van der Waals surface area contributed by atoms with Crippen molar-refractivity contribution in [2.45, 2.75) is 35.7 Å². The Morgan fingerprint density at radius 3 is 2.83 bits per heavy atom. The van der Waals surface area contributed by atoms with Gasteiger partial charge in [-0.05, 0) is 31.7 Å². The fourth-order valence-corrected chi connectivity index (χ4v) is 4.96. The summed E-state index contributed by atoms with van der Waals surface area (Å²) in [6.45, 7) is 1.61. The molecule has 2 saturated heterocycles. The quantitative estimate of drug-likeness (QED) is 0.356. The molecule has 0 unspecified atom stereocenters. The molecule has 0 aliphatic carbocycles. The van der Waals surface area contributed by atoms with Crippen LogP contribution in [0.4, 0.5) is 23.2 Å². The number of amides is 1. The van der Waals surface area contributed by atoms with Gasteiger partial charge < -0.3 is 29.2 Å². The van der Waals surface area contributed by atoms with Crippen LogP contribution in [0.1, 0.15) is 12.3 Å². The van der Waals surface area contributed by atoms with E-state index >= 15 is 0 Å². The van der Waals surface area contributed by atoms with E-state index in [9.17, 15) is 22.4 Å². The normalized spacial score (nSPS) is 21.5. The van der Waals surface area contributed by atoms with Gasteiger partial charge in [0, 0.05) is 31.0 Å². The van der Waals surface area contributed by atoms with E-state index in [2.05, 4.69) is 20.8 Å². The van der Waals surface area contributed by atoms with Crippen molar-refractivity contribution in [3.63, 3.8) is 0 Å². The number of pyridine rings is 1. The molecule has 2 aliphatic heterocycles. The van der Waals surface area contributed by atoms with Crippen molar-refractivity contribution in [2.75, 3.05) is 38.7 Å². The molecule has 36 heavy (non-hydrogen) atoms. The molecule has 2 aliphatic rings. The molecule has 0 bridgehead atoms. The molecule has 3 aromatic heterocycles. The summed E-state index contributed by atoms with van der Waals surface area (Å²) in [7, 11) is 1.84. The standard InChI is InChI=1S/C22H24F4N6O3S/c1-31-6-4-15(14(23)9-31)28-16-3-2-5-32-17(16)7-13(21(32)36-22(24,25)26)19-29-18(35-30-19)8-27-20(33)12-10-34-11-12/h2-3,5,7,12,14-15,28H,4,6,8-11H2,1H3,(H,27,33)/t14-,15+/m0/s1. The van der Waals surface area contributed by atoms with Gasteiger partial charge in [0.15, 0.2) is 0 Å². The van der Waals surface area contributed by atoms with Crippen LogP contribution in [-0.4, -0.2) is 76.4 Å². The maximum Gasteiger partial charge on any atom is 0.447 e. The number of alkyl halides is 4. The number of halogens is 4. The summed E-state index contributed by atoms with van der Waals surface area (Å²) >= 11 is -0.295. The van der Waals surface area contributed by atoms with Gasteiger partial charge >= 0.3 is 5.51 Å². The number of anilines is 1. The van der Waals surface area contributed by atoms with Crippen molar-refractivity contribution >= 4 is 28.9 Å². The Kier molecular flexibility index (Phi) is 6.83. The summed E-state index contributed by atoms with van der Waals surface area (Å²) in [6, 6.07) is 4.36. The minimum Gasteiger partial charge on any atom is -0.380 e. The van der Waals surface area contributed by atoms with E-state index < -0.39 is 17.7 Å². The molecule has 194 valence electrons. The van der Waals surface area contributed by atoms with Crippen molar-refractivity contribution in [2.24, 2.45) is 5.92 Å². The Hall–Kier alpha value is -2.84. The monoisotopic (exact) mass is 528 g/mol. The van der Waals surface area contributed by atoms with E-state index in [-0.39, 0.29) is 59.0 Å². The lowest BCUT2D eigenvalue weighted by atomic mass is 10.0. The molecule has 0 saturated carbocycles. The van der Waals surface area contributed by atoms with Crippen molar-refractivity contribution in [3.8, 4) is 11.4 Å². The fraction of sp³-hybridized carbons (Fsp3) is 0.500. The number of carbonyl (C=O) groups is 1. The van der Waals surface area contributed by atoms with Crippen LogP contribution in [0, 0.1) is 5.92 Å². The molecule has 5 rings (SSSR count). The van der Waals surface area contributed by atoms with E-state index in [0.717, 1.165) is 0 Å². The van der Waals surface area contributed by atoms with Gasteiger partial charge in [0.25, 0.3) is 0 Å². The van der Waals surface area contributed by atoms with Crippen LogP contribution >= 0.6 is 11.8 Å². The highest BCUT2D eigenvalue weighted by molar-refractivity contribution is 8.00. The number of ether oxygens (including phenoxy) is 1. The molecule has 1 amide bonds. The highest BCUT2D eigenvalue weighted by atomic mass is 32.2. The number of hydrogen-bond donors (Lipinski definition) is 2. The molecule has 2 atom stereocenters. The highest BCUT2D eigenvalue weighted by Gasteiger charge is 2.34. The van der Waals surface area contributed by atoms with Crippen molar-refractivity contribution < 1.29 is 31.6 Å². The van der Waals surface area contributed by atoms with E-state index in [0.29, 0.717) is 37.4 Å². The Labute approximate surface area is 207 Å². The number of carbonyl (C=O) groups excluding carboxylic acids is 1. The van der Waals surface area contributed by atoms with Crippen LogP contribution in [0.3, 0.4) is 0 Å². The minimum atomic E-state index is -4.57. The first-order valence-electron chi connectivity index (χ1n) is 11.4. The third-order valence-electron chi connectivity index (χ3n) is 6.19. The van der Waals surface area contributed by atoms with Gasteiger partial charge in [-0.2, -0.15) is 18.2 Å². The molecule has 2 fully saturated rings. The molecular formula is C22H24F4N6O3S. The molecule has 3 aromatic rings. The predicted molar refractivity (Wildman–Crippen MR) is 123 cm³/mol. The number of fused-ring (bicyclic) bond motifs is 1. The Balaban J connectivity index is 1.44. The van der Waals surface area contributed by atoms with Crippen LogP contribution in [0.25, 0.3) is 16.9 Å². The maximum atomic E-state index is 14.6. The number of likely N-dealkylation sites (tertiary alicyclic amines) is 1. The number of nitrogens with zero attached hydrogens (tertiary/aromatic N) is 4. The van der Waals surface area contributed by atoms with Crippen LogP contribution in [0.15, 0.2) is 33.9 Å². The summed E-state index contributed by atoms with van der Waals surface area (Å²) in [6.07, 6.45) is 0.939. The van der Waals surface area contributed by atoms with Gasteiger partial charge in [-0.3, -0.25) is 4.79 Å². The number of nitrogens with one attached hydrogen (secondary N) is 2. The molecule has 0 spiro atoms. The van der Waals surface area contributed by atoms with Crippen molar-refractivity contribution in [1.82, 2.24) is 24.8 Å². The fourth-order valence-electron chi connectivity index (χ4n) is 4.22. The zero-order valence-corrected chi connectivity index (χ0v) is 20.0.